The lowest BCUT2D eigenvalue weighted by Gasteiger charge is -2.26. The van der Waals surface area contributed by atoms with Crippen LogP contribution in [0.5, 0.6) is 11.5 Å². The maximum Gasteiger partial charge on any atom is 0.344 e. The zero-order valence-corrected chi connectivity index (χ0v) is 26.4. The Balaban J connectivity index is 1.81. The predicted molar refractivity (Wildman–Crippen MR) is 164 cm³/mol. The third-order valence-corrected chi connectivity index (χ3v) is 7.82. The first-order valence-corrected chi connectivity index (χ1v) is 15.1. The van der Waals surface area contributed by atoms with Crippen molar-refractivity contribution < 1.29 is 28.5 Å². The molecule has 41 heavy (non-hydrogen) atoms. The van der Waals surface area contributed by atoms with Crippen molar-refractivity contribution in [2.24, 2.45) is 4.99 Å². The summed E-state index contributed by atoms with van der Waals surface area (Å²) in [6.45, 7) is 9.35. The third kappa shape index (κ3) is 6.89. The van der Waals surface area contributed by atoms with Crippen LogP contribution in [0.25, 0.3) is 6.08 Å². The van der Waals surface area contributed by atoms with E-state index in [4.69, 9.17) is 18.9 Å². The summed E-state index contributed by atoms with van der Waals surface area (Å²) in [5, 5.41) is 0. The van der Waals surface area contributed by atoms with E-state index < -0.39 is 18.0 Å². The molecule has 0 fully saturated rings. The number of allylic oxidation sites excluding steroid dienone is 1. The Morgan fingerprint density at radius 2 is 1.83 bits per heavy atom. The van der Waals surface area contributed by atoms with Crippen molar-refractivity contribution in [1.29, 1.82) is 0 Å². The van der Waals surface area contributed by atoms with Gasteiger partial charge in [0.2, 0.25) is 0 Å². The Kier molecular flexibility index (Phi) is 10.0. The first kappa shape index (κ1) is 30.5. The highest BCUT2D eigenvalue weighted by atomic mass is 127. The predicted octanol–water partition coefficient (Wildman–Crippen LogP) is 4.13. The molecule has 0 radical (unpaired) electrons. The van der Waals surface area contributed by atoms with Gasteiger partial charge in [-0.1, -0.05) is 35.6 Å². The van der Waals surface area contributed by atoms with Crippen LogP contribution in [0, 0.1) is 3.57 Å². The van der Waals surface area contributed by atoms with Crippen LogP contribution in [-0.4, -0.2) is 42.4 Å². The Morgan fingerprint density at radius 3 is 2.51 bits per heavy atom. The highest BCUT2D eigenvalue weighted by Gasteiger charge is 2.35. The number of ether oxygens (including phenoxy) is 4. The summed E-state index contributed by atoms with van der Waals surface area (Å²) in [6.07, 6.45) is 1.66. The summed E-state index contributed by atoms with van der Waals surface area (Å²) in [6, 6.07) is 12.0. The van der Waals surface area contributed by atoms with Gasteiger partial charge in [0.15, 0.2) is 11.4 Å². The molecule has 0 unspecified atom stereocenters. The summed E-state index contributed by atoms with van der Waals surface area (Å²) in [5.41, 5.74) is 1.93. The van der Waals surface area contributed by atoms with Crippen molar-refractivity contribution in [1.82, 2.24) is 4.57 Å². The van der Waals surface area contributed by atoms with Crippen molar-refractivity contribution in [3.8, 4) is 11.5 Å². The summed E-state index contributed by atoms with van der Waals surface area (Å²) >= 11 is 3.36. The number of hydrogen-bond acceptors (Lipinski definition) is 9. The summed E-state index contributed by atoms with van der Waals surface area (Å²) < 4.78 is 24.7. The fourth-order valence-corrected chi connectivity index (χ4v) is 6.11. The number of fused-ring (bicyclic) bond motifs is 1. The molecule has 0 aliphatic carbocycles. The van der Waals surface area contributed by atoms with Crippen molar-refractivity contribution in [3.63, 3.8) is 0 Å². The third-order valence-electron chi connectivity index (χ3n) is 6.00. The minimum atomic E-state index is -0.777. The normalized spacial score (nSPS) is 14.9. The number of esters is 2. The molecule has 1 aromatic heterocycles. The lowest BCUT2D eigenvalue weighted by molar-refractivity contribution is -0.145. The van der Waals surface area contributed by atoms with Gasteiger partial charge in [-0.05, 0) is 87.0 Å². The number of carbonyl (C=O) groups excluding carboxylic acids is 2. The van der Waals surface area contributed by atoms with Gasteiger partial charge in [-0.2, -0.15) is 0 Å². The molecular weight excluding hydrogens is 659 g/mol. The molecule has 11 heteroatoms. The van der Waals surface area contributed by atoms with Gasteiger partial charge in [0, 0.05) is 5.56 Å². The molecule has 3 aromatic rings. The first-order chi connectivity index (χ1) is 19.6. The number of nitrogens with zero attached hydrogens (tertiary/aromatic N) is 2. The summed E-state index contributed by atoms with van der Waals surface area (Å²) in [7, 11) is 0. The maximum atomic E-state index is 13.9. The molecule has 0 N–H and O–H groups in total. The van der Waals surface area contributed by atoms with E-state index >= 15 is 0 Å². The monoisotopic (exact) mass is 690 g/mol. The summed E-state index contributed by atoms with van der Waals surface area (Å²) in [5.74, 6) is 0.140. The van der Waals surface area contributed by atoms with Crippen LogP contribution >= 0.6 is 33.9 Å². The maximum absolute atomic E-state index is 13.9. The minimum absolute atomic E-state index is 0.116. The molecule has 4 rings (SSSR count). The average Bonchev–Trinajstić information content (AvgIpc) is 3.21. The molecule has 1 aliphatic heterocycles. The Labute approximate surface area is 255 Å². The van der Waals surface area contributed by atoms with Gasteiger partial charge in [0.1, 0.15) is 17.5 Å². The number of para-hydroxylation sites is 1. The van der Waals surface area contributed by atoms with E-state index in [1.807, 2.05) is 44.2 Å². The Morgan fingerprint density at radius 1 is 1.10 bits per heavy atom. The number of benzene rings is 2. The van der Waals surface area contributed by atoms with Crippen LogP contribution in [0.1, 0.15) is 51.8 Å². The number of aromatic nitrogens is 1. The molecule has 1 atom stereocenters. The van der Waals surface area contributed by atoms with Crippen molar-refractivity contribution >= 4 is 51.9 Å². The van der Waals surface area contributed by atoms with Crippen LogP contribution in [0.4, 0.5) is 0 Å². The van der Waals surface area contributed by atoms with Gasteiger partial charge in [-0.25, -0.2) is 14.6 Å². The zero-order valence-electron chi connectivity index (χ0n) is 23.4. The van der Waals surface area contributed by atoms with Crippen molar-refractivity contribution in [2.45, 2.75) is 46.8 Å². The second-order valence-electron chi connectivity index (χ2n) is 9.29. The summed E-state index contributed by atoms with van der Waals surface area (Å²) in [4.78, 5) is 43.9. The first-order valence-electron chi connectivity index (χ1n) is 13.2. The number of halogens is 1. The lowest BCUT2D eigenvalue weighted by atomic mass is 9.95. The van der Waals surface area contributed by atoms with E-state index in [0.717, 1.165) is 9.13 Å². The van der Waals surface area contributed by atoms with Gasteiger partial charge in [-0.3, -0.25) is 9.36 Å². The van der Waals surface area contributed by atoms with E-state index in [1.165, 1.54) is 11.3 Å². The molecule has 2 aromatic carbocycles. The number of rotatable bonds is 10. The molecular formula is C30H31IN2O7S. The highest BCUT2D eigenvalue weighted by molar-refractivity contribution is 14.1. The largest absolute Gasteiger partial charge is 0.491 e. The van der Waals surface area contributed by atoms with Gasteiger partial charge in [-0.15, -0.1) is 0 Å². The van der Waals surface area contributed by atoms with E-state index in [2.05, 4.69) is 27.6 Å². The van der Waals surface area contributed by atoms with E-state index in [0.29, 0.717) is 37.7 Å². The number of carbonyl (C=O) groups is 2. The van der Waals surface area contributed by atoms with Crippen LogP contribution in [0.3, 0.4) is 0 Å². The fourth-order valence-electron chi connectivity index (χ4n) is 4.37. The SMILES string of the molecule is CCOC(=O)COc1ccc(/C=c2/sc3n(c2=O)[C@H](c2ccccc2OC(C)C)C(C(=O)OCC)=C(C)N=3)cc1I. The molecule has 0 bridgehead atoms. The van der Waals surface area contributed by atoms with Crippen LogP contribution in [0.15, 0.2) is 63.5 Å². The van der Waals surface area contributed by atoms with Gasteiger partial charge >= 0.3 is 11.9 Å². The smallest absolute Gasteiger partial charge is 0.344 e. The van der Waals surface area contributed by atoms with Crippen LogP contribution in [-0.2, 0) is 19.1 Å². The molecule has 0 saturated heterocycles. The standard InChI is InChI=1S/C30H31IN2O7S/c1-6-37-25(34)16-39-23-13-12-19(14-21(23)31)15-24-28(35)33-27(20-10-8-9-11-22(20)40-17(3)4)26(29(36)38-7-2)18(5)32-30(33)41-24/h8-15,17,27H,6-7,16H2,1-5H3/b24-15+/t27-/m1/s1. The highest BCUT2D eigenvalue weighted by Crippen LogP contribution is 2.36. The topological polar surface area (TPSA) is 105 Å². The molecule has 0 spiro atoms. The quantitative estimate of drug-likeness (QED) is 0.233. The Bertz CT molecular complexity index is 1670. The van der Waals surface area contributed by atoms with Crippen LogP contribution < -0.4 is 24.4 Å². The number of hydrogen-bond donors (Lipinski definition) is 0. The minimum Gasteiger partial charge on any atom is -0.491 e. The molecule has 9 nitrogen and oxygen atoms in total. The van der Waals surface area contributed by atoms with Gasteiger partial charge in [0.05, 0.1) is 38.7 Å². The molecule has 216 valence electrons. The second-order valence-corrected chi connectivity index (χ2v) is 11.5. The van der Waals surface area contributed by atoms with Crippen molar-refractivity contribution in [3.05, 3.63) is 88.1 Å². The lowest BCUT2D eigenvalue weighted by Crippen LogP contribution is -2.40. The van der Waals surface area contributed by atoms with Crippen LogP contribution in [0.2, 0.25) is 0 Å². The molecule has 0 saturated carbocycles. The molecule has 0 amide bonds. The van der Waals surface area contributed by atoms with Crippen molar-refractivity contribution in [2.75, 3.05) is 19.8 Å². The number of thiazole rings is 1. The van der Waals surface area contributed by atoms with E-state index in [1.54, 1.807) is 43.5 Å². The molecule has 1 aliphatic rings. The van der Waals surface area contributed by atoms with Gasteiger partial charge < -0.3 is 18.9 Å². The van der Waals surface area contributed by atoms with E-state index in [-0.39, 0.29) is 31.5 Å². The fraction of sp³-hybridized carbons (Fsp3) is 0.333. The zero-order chi connectivity index (χ0) is 29.7. The second kappa shape index (κ2) is 13.5. The average molecular weight is 691 g/mol. The van der Waals surface area contributed by atoms with E-state index in [9.17, 15) is 14.4 Å². The Hall–Kier alpha value is -3.45. The molecule has 2 heterocycles. The van der Waals surface area contributed by atoms with Gasteiger partial charge in [0.25, 0.3) is 5.56 Å².